The average Bonchev–Trinajstić information content (AvgIpc) is 2.33. The Hall–Kier alpha value is -1.58. The Morgan fingerprint density at radius 2 is 1.75 bits per heavy atom. The number of terminal acetylenes is 1. The molecule has 0 bridgehead atoms. The van der Waals surface area contributed by atoms with Crippen molar-refractivity contribution in [3.8, 4) is 24.2 Å². The third-order valence-corrected chi connectivity index (χ3v) is 4.56. The number of rotatable bonds is 0. The predicted octanol–water partition coefficient (Wildman–Crippen LogP) is 0.260. The van der Waals surface area contributed by atoms with Crippen LogP contribution in [0.5, 0.6) is 0 Å². The second-order valence-electron chi connectivity index (χ2n) is 4.05. The molecule has 0 aromatic carbocycles. The van der Waals surface area contributed by atoms with Gasteiger partial charge < -0.3 is 0 Å². The van der Waals surface area contributed by atoms with Crippen LogP contribution in [-0.2, 0) is 28.6 Å². The highest BCUT2D eigenvalue weighted by molar-refractivity contribution is 7.90. The lowest BCUT2D eigenvalue weighted by atomic mass is 10.1. The maximum absolute atomic E-state index is 11.4. The second-order valence-corrected chi connectivity index (χ2v) is 6.92. The van der Waals surface area contributed by atoms with Crippen LogP contribution in [0.4, 0.5) is 0 Å². The van der Waals surface area contributed by atoms with Gasteiger partial charge in [0.1, 0.15) is 6.10 Å². The Morgan fingerprint density at radius 1 is 1.10 bits per heavy atom. The van der Waals surface area contributed by atoms with Gasteiger partial charge >= 0.3 is 0 Å². The molecule has 106 valence electrons. The van der Waals surface area contributed by atoms with Gasteiger partial charge in [0.2, 0.25) is 0 Å². The van der Waals surface area contributed by atoms with E-state index in [0.717, 1.165) is 10.8 Å². The van der Waals surface area contributed by atoms with Gasteiger partial charge in [-0.1, -0.05) is 17.8 Å². The Kier molecular flexibility index (Phi) is 4.02. The fourth-order valence-electron chi connectivity index (χ4n) is 1.60. The molecule has 0 saturated carbocycles. The molecule has 6 nitrogen and oxygen atoms in total. The van der Waals surface area contributed by atoms with E-state index in [2.05, 4.69) is 26.1 Å². The summed E-state index contributed by atoms with van der Waals surface area (Å²) in [5.74, 6) is 7.44. The molecule has 2 aliphatic rings. The third-order valence-electron chi connectivity index (χ3n) is 2.42. The molecule has 0 aromatic rings. The van der Waals surface area contributed by atoms with Crippen LogP contribution in [0.25, 0.3) is 0 Å². The summed E-state index contributed by atoms with van der Waals surface area (Å²) < 4.78 is 54.3. The fourth-order valence-corrected chi connectivity index (χ4v) is 3.52. The van der Waals surface area contributed by atoms with Crippen molar-refractivity contribution in [2.45, 2.75) is 18.9 Å². The van der Waals surface area contributed by atoms with E-state index in [-0.39, 0.29) is 18.6 Å². The molecule has 0 amide bonds. The summed E-state index contributed by atoms with van der Waals surface area (Å²) in [6, 6.07) is 0. The van der Waals surface area contributed by atoms with E-state index in [4.69, 9.17) is 6.42 Å². The lowest BCUT2D eigenvalue weighted by Gasteiger charge is -2.15. The Labute approximate surface area is 117 Å². The molecule has 2 aliphatic heterocycles. The molecule has 8 heteroatoms. The van der Waals surface area contributed by atoms with Gasteiger partial charge in [0.05, 0.1) is 17.4 Å². The van der Waals surface area contributed by atoms with Crippen molar-refractivity contribution in [2.75, 3.05) is 6.61 Å². The van der Waals surface area contributed by atoms with Crippen molar-refractivity contribution in [3.63, 3.8) is 0 Å². The summed E-state index contributed by atoms with van der Waals surface area (Å²) >= 11 is 0. The van der Waals surface area contributed by atoms with Gasteiger partial charge in [-0.2, -0.15) is 16.8 Å². The molecular weight excluding hydrogens is 304 g/mol. The van der Waals surface area contributed by atoms with E-state index in [0.29, 0.717) is 12.0 Å². The molecule has 0 fully saturated rings. The van der Waals surface area contributed by atoms with E-state index in [1.54, 1.807) is 0 Å². The first-order valence-corrected chi connectivity index (χ1v) is 8.46. The molecule has 2 heterocycles. The zero-order valence-electron chi connectivity index (χ0n) is 10.2. The van der Waals surface area contributed by atoms with Crippen molar-refractivity contribution in [1.82, 2.24) is 0 Å². The monoisotopic (exact) mass is 314 g/mol. The molecule has 0 spiro atoms. The van der Waals surface area contributed by atoms with E-state index in [1.807, 2.05) is 0 Å². The molecule has 20 heavy (non-hydrogen) atoms. The third kappa shape index (κ3) is 3.95. The van der Waals surface area contributed by atoms with Gasteiger partial charge in [0, 0.05) is 24.0 Å². The van der Waals surface area contributed by atoms with Crippen LogP contribution < -0.4 is 0 Å². The van der Waals surface area contributed by atoms with Crippen molar-refractivity contribution >= 4 is 20.2 Å². The quantitative estimate of drug-likeness (QED) is 0.471. The van der Waals surface area contributed by atoms with Gasteiger partial charge in [-0.15, -0.1) is 6.42 Å². The van der Waals surface area contributed by atoms with Crippen LogP contribution >= 0.6 is 0 Å². The molecule has 0 aliphatic carbocycles. The largest absolute Gasteiger partial charge is 0.292 e. The van der Waals surface area contributed by atoms with Crippen LogP contribution in [0.1, 0.15) is 12.8 Å². The van der Waals surface area contributed by atoms with Crippen molar-refractivity contribution < 1.29 is 25.2 Å². The van der Waals surface area contributed by atoms with Gasteiger partial charge in [-0.3, -0.25) is 4.18 Å². The molecule has 2 rings (SSSR count). The molecule has 1 unspecified atom stereocenters. The van der Waals surface area contributed by atoms with Gasteiger partial charge in [-0.25, -0.2) is 4.18 Å². The zero-order valence-corrected chi connectivity index (χ0v) is 11.8. The maximum atomic E-state index is 11.4. The first-order valence-electron chi connectivity index (χ1n) is 5.52. The summed E-state index contributed by atoms with van der Waals surface area (Å²) in [6.45, 7) is 0.0241. The highest BCUT2D eigenvalue weighted by Gasteiger charge is 2.23. The van der Waals surface area contributed by atoms with Crippen LogP contribution in [0, 0.1) is 24.2 Å². The summed E-state index contributed by atoms with van der Waals surface area (Å²) in [7, 11) is -7.52. The van der Waals surface area contributed by atoms with Crippen LogP contribution in [0.2, 0.25) is 0 Å². The highest BCUT2D eigenvalue weighted by atomic mass is 32.2. The summed E-state index contributed by atoms with van der Waals surface area (Å²) in [4.78, 5) is 0. The predicted molar refractivity (Wildman–Crippen MR) is 70.7 cm³/mol. The average molecular weight is 314 g/mol. The van der Waals surface area contributed by atoms with Gasteiger partial charge in [0.25, 0.3) is 20.2 Å². The van der Waals surface area contributed by atoms with Crippen LogP contribution in [0.15, 0.2) is 22.0 Å². The standard InChI is InChI=1S/C12H10O6S2/c1-2-12-7-11(9-20(15,16)18-12)4-3-10-5-6-17-19(13,14)8-10/h1,8-9,12H,5-7H2. The molecule has 0 radical (unpaired) electrons. The molecule has 0 aromatic heterocycles. The minimum Gasteiger partial charge on any atom is -0.266 e. The molecule has 0 N–H and O–H groups in total. The van der Waals surface area contributed by atoms with Crippen molar-refractivity contribution in [3.05, 3.63) is 22.0 Å². The zero-order chi connectivity index (χ0) is 14.8. The first kappa shape index (κ1) is 14.8. The van der Waals surface area contributed by atoms with E-state index in [1.165, 1.54) is 0 Å². The van der Waals surface area contributed by atoms with E-state index < -0.39 is 26.3 Å². The number of hydrogen-bond donors (Lipinski definition) is 0. The maximum Gasteiger partial charge on any atom is 0.292 e. The fraction of sp³-hybridized carbons (Fsp3) is 0.333. The van der Waals surface area contributed by atoms with Gasteiger partial charge in [-0.05, 0) is 0 Å². The highest BCUT2D eigenvalue weighted by Crippen LogP contribution is 2.20. The van der Waals surface area contributed by atoms with Crippen molar-refractivity contribution in [1.29, 1.82) is 0 Å². The smallest absolute Gasteiger partial charge is 0.266 e. The van der Waals surface area contributed by atoms with Gasteiger partial charge in [0.15, 0.2) is 0 Å². The summed E-state index contributed by atoms with van der Waals surface area (Å²) in [5.41, 5.74) is 0.641. The molecule has 0 saturated heterocycles. The lowest BCUT2D eigenvalue weighted by molar-refractivity contribution is 0.264. The number of hydrogen-bond acceptors (Lipinski definition) is 6. The summed E-state index contributed by atoms with van der Waals surface area (Å²) in [6.07, 6.45) is 4.77. The molecular formula is C12H10O6S2. The van der Waals surface area contributed by atoms with Crippen LogP contribution in [-0.4, -0.2) is 29.5 Å². The summed E-state index contributed by atoms with van der Waals surface area (Å²) in [5, 5.41) is 1.82. The topological polar surface area (TPSA) is 86.7 Å². The first-order chi connectivity index (χ1) is 9.30. The normalized spacial score (nSPS) is 27.2. The Morgan fingerprint density at radius 3 is 2.40 bits per heavy atom. The Bertz CT molecular complexity index is 781. The van der Waals surface area contributed by atoms with Crippen LogP contribution in [0.3, 0.4) is 0 Å². The SMILES string of the molecule is C#CC1CC(C#CC2=CS(=O)(=O)OCC2)=CS(=O)(=O)O1. The Balaban J connectivity index is 2.28. The van der Waals surface area contributed by atoms with Crippen molar-refractivity contribution in [2.24, 2.45) is 0 Å². The minimum atomic E-state index is -3.84. The van der Waals surface area contributed by atoms with E-state index >= 15 is 0 Å². The van der Waals surface area contributed by atoms with E-state index in [9.17, 15) is 16.8 Å². The molecule has 1 atom stereocenters. The lowest BCUT2D eigenvalue weighted by Crippen LogP contribution is -2.20. The minimum absolute atomic E-state index is 0.0241. The second kappa shape index (κ2) is 5.43.